The third kappa shape index (κ3) is 2.50. The first-order valence-corrected chi connectivity index (χ1v) is 5.53. The highest BCUT2D eigenvalue weighted by atomic mass is 14.4. The Morgan fingerprint density at radius 2 is 1.58 bits per heavy atom. The third-order valence-corrected chi connectivity index (χ3v) is 3.76. The standard InChI is InChI=1S/C12H24/c1-10(2)11(3)9-12(4)7-5-6-8-12/h10-11H,5-9H2,1-4H3. The SMILES string of the molecule is CC(C)C(C)CC1(C)CCCC1. The average molecular weight is 168 g/mol. The predicted octanol–water partition coefficient (Wildman–Crippen LogP) is 4.25. The molecule has 1 aliphatic carbocycles. The zero-order valence-electron chi connectivity index (χ0n) is 9.19. The van der Waals surface area contributed by atoms with Crippen LogP contribution in [0, 0.1) is 17.3 Å². The lowest BCUT2D eigenvalue weighted by atomic mass is 9.77. The number of hydrogen-bond donors (Lipinski definition) is 0. The van der Waals surface area contributed by atoms with Crippen LogP contribution in [0.3, 0.4) is 0 Å². The van der Waals surface area contributed by atoms with E-state index in [-0.39, 0.29) is 0 Å². The molecule has 0 spiro atoms. The zero-order valence-corrected chi connectivity index (χ0v) is 9.19. The maximum atomic E-state index is 2.48. The molecule has 0 aromatic rings. The summed E-state index contributed by atoms with van der Waals surface area (Å²) in [6.07, 6.45) is 7.35. The van der Waals surface area contributed by atoms with Crippen LogP contribution in [-0.2, 0) is 0 Å². The van der Waals surface area contributed by atoms with Gasteiger partial charge in [-0.3, -0.25) is 0 Å². The van der Waals surface area contributed by atoms with Crippen LogP contribution in [0.25, 0.3) is 0 Å². The van der Waals surface area contributed by atoms with Crippen molar-refractivity contribution in [2.45, 2.75) is 59.8 Å². The van der Waals surface area contributed by atoms with Crippen LogP contribution in [-0.4, -0.2) is 0 Å². The maximum Gasteiger partial charge on any atom is -0.0323 e. The van der Waals surface area contributed by atoms with Crippen LogP contribution in [0.5, 0.6) is 0 Å². The molecular weight excluding hydrogens is 144 g/mol. The van der Waals surface area contributed by atoms with Gasteiger partial charge in [0, 0.05) is 0 Å². The van der Waals surface area contributed by atoms with Gasteiger partial charge in [-0.15, -0.1) is 0 Å². The Morgan fingerprint density at radius 1 is 1.08 bits per heavy atom. The second-order valence-corrected chi connectivity index (χ2v) is 5.44. The molecule has 1 atom stereocenters. The van der Waals surface area contributed by atoms with Crippen molar-refractivity contribution < 1.29 is 0 Å². The van der Waals surface area contributed by atoms with E-state index in [0.717, 1.165) is 11.8 Å². The van der Waals surface area contributed by atoms with Crippen molar-refractivity contribution in [3.8, 4) is 0 Å². The molecule has 0 aromatic carbocycles. The van der Waals surface area contributed by atoms with Crippen molar-refractivity contribution in [1.29, 1.82) is 0 Å². The first-order valence-electron chi connectivity index (χ1n) is 5.53. The summed E-state index contributed by atoms with van der Waals surface area (Å²) in [6.45, 7) is 9.60. The number of hydrogen-bond acceptors (Lipinski definition) is 0. The minimum absolute atomic E-state index is 0.698. The van der Waals surface area contributed by atoms with E-state index in [4.69, 9.17) is 0 Å². The summed E-state index contributed by atoms with van der Waals surface area (Å²) in [6, 6.07) is 0. The van der Waals surface area contributed by atoms with E-state index in [9.17, 15) is 0 Å². The summed E-state index contributed by atoms with van der Waals surface area (Å²) in [5.41, 5.74) is 0.698. The van der Waals surface area contributed by atoms with Gasteiger partial charge in [0.1, 0.15) is 0 Å². The van der Waals surface area contributed by atoms with Crippen molar-refractivity contribution in [2.24, 2.45) is 17.3 Å². The molecule has 0 saturated heterocycles. The Morgan fingerprint density at radius 3 is 2.00 bits per heavy atom. The third-order valence-electron chi connectivity index (χ3n) is 3.76. The van der Waals surface area contributed by atoms with Crippen LogP contribution < -0.4 is 0 Å². The minimum atomic E-state index is 0.698. The second-order valence-electron chi connectivity index (χ2n) is 5.44. The van der Waals surface area contributed by atoms with Crippen molar-refractivity contribution in [3.63, 3.8) is 0 Å². The van der Waals surface area contributed by atoms with Gasteiger partial charge >= 0.3 is 0 Å². The lowest BCUT2D eigenvalue weighted by Gasteiger charge is -2.29. The molecule has 1 rings (SSSR count). The van der Waals surface area contributed by atoms with Gasteiger partial charge in [-0.25, -0.2) is 0 Å². The summed E-state index contributed by atoms with van der Waals surface area (Å²) >= 11 is 0. The van der Waals surface area contributed by atoms with E-state index in [1.165, 1.54) is 32.1 Å². The Balaban J connectivity index is 2.38. The van der Waals surface area contributed by atoms with Crippen LogP contribution in [0.4, 0.5) is 0 Å². The molecule has 1 unspecified atom stereocenters. The van der Waals surface area contributed by atoms with Crippen LogP contribution in [0.1, 0.15) is 59.8 Å². The Labute approximate surface area is 77.7 Å². The molecule has 0 bridgehead atoms. The van der Waals surface area contributed by atoms with Gasteiger partial charge in [0.25, 0.3) is 0 Å². The molecular formula is C12H24. The monoisotopic (exact) mass is 168 g/mol. The first kappa shape index (κ1) is 10.1. The normalized spacial score (nSPS) is 24.8. The van der Waals surface area contributed by atoms with E-state index in [1.54, 1.807) is 0 Å². The zero-order chi connectivity index (χ0) is 9.19. The lowest BCUT2D eigenvalue weighted by molar-refractivity contribution is 0.221. The Kier molecular flexibility index (Phi) is 3.20. The van der Waals surface area contributed by atoms with Crippen LogP contribution in [0.15, 0.2) is 0 Å². The Bertz CT molecular complexity index is 129. The number of rotatable bonds is 3. The molecule has 72 valence electrons. The van der Waals surface area contributed by atoms with Gasteiger partial charge < -0.3 is 0 Å². The largest absolute Gasteiger partial charge is 0.0625 e. The predicted molar refractivity (Wildman–Crippen MR) is 55.2 cm³/mol. The molecule has 12 heavy (non-hydrogen) atoms. The lowest BCUT2D eigenvalue weighted by Crippen LogP contribution is -2.18. The molecule has 1 fully saturated rings. The molecule has 0 amide bonds. The highest BCUT2D eigenvalue weighted by Crippen LogP contribution is 2.43. The smallest absolute Gasteiger partial charge is 0.0323 e. The fourth-order valence-electron chi connectivity index (χ4n) is 2.45. The Hall–Kier alpha value is 0. The van der Waals surface area contributed by atoms with E-state index in [1.807, 2.05) is 0 Å². The summed E-state index contributed by atoms with van der Waals surface area (Å²) in [4.78, 5) is 0. The molecule has 0 radical (unpaired) electrons. The van der Waals surface area contributed by atoms with Gasteiger partial charge in [-0.05, 0) is 36.5 Å². The molecule has 1 saturated carbocycles. The average Bonchev–Trinajstić information content (AvgIpc) is 2.35. The molecule has 0 N–H and O–H groups in total. The van der Waals surface area contributed by atoms with Gasteiger partial charge in [0.2, 0.25) is 0 Å². The van der Waals surface area contributed by atoms with Gasteiger partial charge in [-0.1, -0.05) is 40.5 Å². The molecule has 0 heterocycles. The van der Waals surface area contributed by atoms with Gasteiger partial charge in [0.05, 0.1) is 0 Å². The van der Waals surface area contributed by atoms with Gasteiger partial charge in [-0.2, -0.15) is 0 Å². The summed E-state index contributed by atoms with van der Waals surface area (Å²) in [5, 5.41) is 0. The van der Waals surface area contributed by atoms with Crippen molar-refractivity contribution in [1.82, 2.24) is 0 Å². The fraction of sp³-hybridized carbons (Fsp3) is 1.00. The van der Waals surface area contributed by atoms with Crippen molar-refractivity contribution in [2.75, 3.05) is 0 Å². The second kappa shape index (κ2) is 3.81. The molecule has 0 nitrogen and oxygen atoms in total. The van der Waals surface area contributed by atoms with Crippen LogP contribution >= 0.6 is 0 Å². The van der Waals surface area contributed by atoms with E-state index >= 15 is 0 Å². The summed E-state index contributed by atoms with van der Waals surface area (Å²) < 4.78 is 0. The highest BCUT2D eigenvalue weighted by Gasteiger charge is 2.30. The summed E-state index contributed by atoms with van der Waals surface area (Å²) in [5.74, 6) is 1.77. The fourth-order valence-corrected chi connectivity index (χ4v) is 2.45. The van der Waals surface area contributed by atoms with Gasteiger partial charge in [0.15, 0.2) is 0 Å². The van der Waals surface area contributed by atoms with E-state index < -0.39 is 0 Å². The van der Waals surface area contributed by atoms with E-state index in [0.29, 0.717) is 5.41 Å². The topological polar surface area (TPSA) is 0 Å². The molecule has 1 aliphatic rings. The highest BCUT2D eigenvalue weighted by molar-refractivity contribution is 4.82. The quantitative estimate of drug-likeness (QED) is 0.591. The van der Waals surface area contributed by atoms with Crippen molar-refractivity contribution >= 4 is 0 Å². The minimum Gasteiger partial charge on any atom is -0.0625 e. The van der Waals surface area contributed by atoms with Crippen LogP contribution in [0.2, 0.25) is 0 Å². The molecule has 0 aromatic heterocycles. The van der Waals surface area contributed by atoms with E-state index in [2.05, 4.69) is 27.7 Å². The summed E-state index contributed by atoms with van der Waals surface area (Å²) in [7, 11) is 0. The molecule has 0 aliphatic heterocycles. The van der Waals surface area contributed by atoms with Crippen molar-refractivity contribution in [3.05, 3.63) is 0 Å². The maximum absolute atomic E-state index is 2.48. The molecule has 0 heteroatoms. The first-order chi connectivity index (χ1) is 5.53.